The average molecular weight is 382 g/mol. The highest BCUT2D eigenvalue weighted by Gasteiger charge is 2.22. The number of carbonyl (C=O) groups excluding carboxylic acids is 1. The molecule has 0 atom stereocenters. The number of nitrogens with zero attached hydrogens (tertiary/aromatic N) is 2. The van der Waals surface area contributed by atoms with Gasteiger partial charge in [0.2, 0.25) is 0 Å². The lowest BCUT2D eigenvalue weighted by atomic mass is 10.1. The summed E-state index contributed by atoms with van der Waals surface area (Å²) in [5.41, 5.74) is 0.742. The Kier molecular flexibility index (Phi) is 5.16. The highest BCUT2D eigenvalue weighted by Crippen LogP contribution is 2.35. The Labute approximate surface area is 158 Å². The molecule has 3 rings (SSSR count). The molecule has 142 valence electrons. The van der Waals surface area contributed by atoms with Crippen LogP contribution in [0, 0.1) is 20.2 Å². The van der Waals surface area contributed by atoms with Gasteiger partial charge in [-0.3, -0.25) is 20.2 Å². The number of nitro groups is 2. The average Bonchev–Trinajstić information content (AvgIpc) is 3.14. The SMILES string of the molecule is CCOC(=O)c1cc(-c2cccc([N+](=O)[O-])c2)oc1-c1ccc([N+](=O)[O-])cc1. The Bertz CT molecular complexity index is 1050. The zero-order chi connectivity index (χ0) is 20.3. The smallest absolute Gasteiger partial charge is 0.342 e. The minimum absolute atomic E-state index is 0.105. The number of rotatable bonds is 6. The second-order valence-electron chi connectivity index (χ2n) is 5.69. The number of esters is 1. The summed E-state index contributed by atoms with van der Waals surface area (Å²) >= 11 is 0. The fraction of sp³-hybridized carbons (Fsp3) is 0.105. The largest absolute Gasteiger partial charge is 0.462 e. The van der Waals surface area contributed by atoms with Crippen LogP contribution in [-0.2, 0) is 4.74 Å². The lowest BCUT2D eigenvalue weighted by molar-refractivity contribution is -0.385. The van der Waals surface area contributed by atoms with Crippen molar-refractivity contribution in [3.63, 3.8) is 0 Å². The molecule has 0 bridgehead atoms. The van der Waals surface area contributed by atoms with Gasteiger partial charge in [-0.05, 0) is 25.1 Å². The minimum atomic E-state index is -0.628. The van der Waals surface area contributed by atoms with E-state index < -0.39 is 15.8 Å². The number of ether oxygens (including phenoxy) is 1. The van der Waals surface area contributed by atoms with Crippen LogP contribution in [0.5, 0.6) is 0 Å². The summed E-state index contributed by atoms with van der Waals surface area (Å²) in [6, 6.07) is 12.7. The predicted molar refractivity (Wildman–Crippen MR) is 98.8 cm³/mol. The van der Waals surface area contributed by atoms with E-state index in [1.807, 2.05) is 0 Å². The molecule has 0 unspecified atom stereocenters. The summed E-state index contributed by atoms with van der Waals surface area (Å²) in [6.45, 7) is 1.81. The first-order valence-electron chi connectivity index (χ1n) is 8.21. The van der Waals surface area contributed by atoms with Crippen LogP contribution in [0.3, 0.4) is 0 Å². The third-order valence-electron chi connectivity index (χ3n) is 3.91. The van der Waals surface area contributed by atoms with E-state index in [-0.39, 0.29) is 35.1 Å². The lowest BCUT2D eigenvalue weighted by Crippen LogP contribution is -2.04. The first kappa shape index (κ1) is 18.8. The first-order chi connectivity index (χ1) is 13.4. The van der Waals surface area contributed by atoms with Crippen LogP contribution < -0.4 is 0 Å². The number of nitro benzene ring substituents is 2. The van der Waals surface area contributed by atoms with Crippen molar-refractivity contribution < 1.29 is 23.8 Å². The van der Waals surface area contributed by atoms with Gasteiger partial charge in [-0.15, -0.1) is 0 Å². The summed E-state index contributed by atoms with van der Waals surface area (Å²) < 4.78 is 10.8. The monoisotopic (exact) mass is 382 g/mol. The maximum absolute atomic E-state index is 12.3. The van der Waals surface area contributed by atoms with Crippen molar-refractivity contribution in [3.05, 3.63) is 80.4 Å². The normalized spacial score (nSPS) is 10.5. The Hall–Kier alpha value is -4.01. The molecule has 0 N–H and O–H groups in total. The maximum atomic E-state index is 12.3. The number of hydrogen-bond donors (Lipinski definition) is 0. The third-order valence-corrected chi connectivity index (χ3v) is 3.91. The molecular weight excluding hydrogens is 368 g/mol. The first-order valence-corrected chi connectivity index (χ1v) is 8.21. The summed E-state index contributed by atoms with van der Waals surface area (Å²) in [6.07, 6.45) is 0. The molecule has 0 aliphatic carbocycles. The molecule has 0 radical (unpaired) electrons. The van der Waals surface area contributed by atoms with Gasteiger partial charge in [-0.1, -0.05) is 12.1 Å². The van der Waals surface area contributed by atoms with Crippen LogP contribution in [-0.4, -0.2) is 22.4 Å². The summed E-state index contributed by atoms with van der Waals surface area (Å²) in [7, 11) is 0. The number of hydrogen-bond acceptors (Lipinski definition) is 7. The molecule has 0 aliphatic rings. The van der Waals surface area contributed by atoms with Gasteiger partial charge in [-0.2, -0.15) is 0 Å². The van der Waals surface area contributed by atoms with E-state index in [0.717, 1.165) is 0 Å². The van der Waals surface area contributed by atoms with E-state index in [1.165, 1.54) is 48.5 Å². The molecule has 0 aliphatic heterocycles. The van der Waals surface area contributed by atoms with Crippen LogP contribution in [0.2, 0.25) is 0 Å². The van der Waals surface area contributed by atoms with Crippen molar-refractivity contribution >= 4 is 17.3 Å². The van der Waals surface area contributed by atoms with E-state index in [0.29, 0.717) is 11.1 Å². The Morgan fingerprint density at radius 2 is 1.64 bits per heavy atom. The number of furan rings is 1. The minimum Gasteiger partial charge on any atom is -0.462 e. The summed E-state index contributed by atoms with van der Waals surface area (Å²) in [4.78, 5) is 33.1. The summed E-state index contributed by atoms with van der Waals surface area (Å²) in [5, 5.41) is 21.8. The van der Waals surface area contributed by atoms with Crippen LogP contribution in [0.15, 0.2) is 59.0 Å². The van der Waals surface area contributed by atoms with Crippen molar-refractivity contribution in [1.82, 2.24) is 0 Å². The van der Waals surface area contributed by atoms with E-state index >= 15 is 0 Å². The molecule has 28 heavy (non-hydrogen) atoms. The number of non-ortho nitro benzene ring substituents is 2. The van der Waals surface area contributed by atoms with E-state index in [9.17, 15) is 25.0 Å². The van der Waals surface area contributed by atoms with Gasteiger partial charge in [0.25, 0.3) is 11.4 Å². The van der Waals surface area contributed by atoms with Crippen LogP contribution in [0.4, 0.5) is 11.4 Å². The molecule has 0 spiro atoms. The molecule has 3 aromatic rings. The Morgan fingerprint density at radius 1 is 0.964 bits per heavy atom. The van der Waals surface area contributed by atoms with Crippen molar-refractivity contribution in [2.24, 2.45) is 0 Å². The van der Waals surface area contributed by atoms with Crippen molar-refractivity contribution in [3.8, 4) is 22.6 Å². The van der Waals surface area contributed by atoms with Crippen molar-refractivity contribution in [2.75, 3.05) is 6.61 Å². The fourth-order valence-electron chi connectivity index (χ4n) is 2.62. The highest BCUT2D eigenvalue weighted by molar-refractivity contribution is 5.97. The van der Waals surface area contributed by atoms with Gasteiger partial charge in [0.05, 0.1) is 16.5 Å². The lowest BCUT2D eigenvalue weighted by Gasteiger charge is -2.02. The third kappa shape index (κ3) is 3.73. The second kappa shape index (κ2) is 7.70. The highest BCUT2D eigenvalue weighted by atomic mass is 16.6. The molecule has 9 heteroatoms. The van der Waals surface area contributed by atoms with Gasteiger partial charge in [0.15, 0.2) is 0 Å². The molecule has 0 saturated carbocycles. The van der Waals surface area contributed by atoms with Crippen molar-refractivity contribution in [1.29, 1.82) is 0 Å². The standard InChI is InChI=1S/C19H14N2O7/c1-2-27-19(22)16-11-17(13-4-3-5-15(10-13)21(25)26)28-18(16)12-6-8-14(9-7-12)20(23)24/h3-11H,2H2,1H3. The topological polar surface area (TPSA) is 126 Å². The molecule has 9 nitrogen and oxygen atoms in total. The summed E-state index contributed by atoms with van der Waals surface area (Å²) in [5.74, 6) is -0.230. The molecule has 0 amide bonds. The van der Waals surface area contributed by atoms with Gasteiger partial charge in [0.1, 0.15) is 17.1 Å². The molecule has 0 saturated heterocycles. The number of benzene rings is 2. The van der Waals surface area contributed by atoms with Crippen LogP contribution in [0.25, 0.3) is 22.6 Å². The second-order valence-corrected chi connectivity index (χ2v) is 5.69. The van der Waals surface area contributed by atoms with Gasteiger partial charge in [0, 0.05) is 35.4 Å². The molecule has 2 aromatic carbocycles. The van der Waals surface area contributed by atoms with E-state index in [4.69, 9.17) is 9.15 Å². The van der Waals surface area contributed by atoms with Crippen LogP contribution >= 0.6 is 0 Å². The van der Waals surface area contributed by atoms with E-state index in [2.05, 4.69) is 0 Å². The van der Waals surface area contributed by atoms with Gasteiger partial charge < -0.3 is 9.15 Å². The zero-order valence-corrected chi connectivity index (χ0v) is 14.7. The van der Waals surface area contributed by atoms with E-state index in [1.54, 1.807) is 13.0 Å². The number of carbonyl (C=O) groups is 1. The van der Waals surface area contributed by atoms with Gasteiger partial charge >= 0.3 is 5.97 Å². The Balaban J connectivity index is 2.10. The van der Waals surface area contributed by atoms with Crippen LogP contribution in [0.1, 0.15) is 17.3 Å². The molecule has 0 fully saturated rings. The quantitative estimate of drug-likeness (QED) is 0.346. The molecule has 1 aromatic heterocycles. The van der Waals surface area contributed by atoms with Gasteiger partial charge in [-0.25, -0.2) is 4.79 Å². The molecular formula is C19H14N2O7. The Morgan fingerprint density at radius 3 is 2.25 bits per heavy atom. The van der Waals surface area contributed by atoms with Crippen molar-refractivity contribution in [2.45, 2.75) is 6.92 Å². The fourth-order valence-corrected chi connectivity index (χ4v) is 2.62. The predicted octanol–water partition coefficient (Wildman–Crippen LogP) is 4.61. The maximum Gasteiger partial charge on any atom is 0.342 e. The molecule has 1 heterocycles. The zero-order valence-electron chi connectivity index (χ0n) is 14.7.